The lowest BCUT2D eigenvalue weighted by Crippen LogP contribution is -2.51. The van der Waals surface area contributed by atoms with Gasteiger partial charge in [-0.3, -0.25) is 4.79 Å². The molecule has 0 aromatic carbocycles. The summed E-state index contributed by atoms with van der Waals surface area (Å²) in [6.45, 7) is -0.837. The number of aliphatic hydroxyl groups is 2. The van der Waals surface area contributed by atoms with Crippen LogP contribution in [0.15, 0.2) is 0 Å². The molecule has 1 aliphatic heterocycles. The molecule has 1 saturated heterocycles. The summed E-state index contributed by atoms with van der Waals surface area (Å²) in [7, 11) is 6.54. The number of rotatable bonds is 2. The Labute approximate surface area is 96.6 Å². The van der Waals surface area contributed by atoms with Gasteiger partial charge in [-0.15, -0.1) is 0 Å². The third-order valence-electron chi connectivity index (χ3n) is 2.68. The molecule has 1 amide bonds. The summed E-state index contributed by atoms with van der Waals surface area (Å²) in [5.74, 6) is -3.66. The molecule has 17 heavy (non-hydrogen) atoms. The summed E-state index contributed by atoms with van der Waals surface area (Å²) in [5.41, 5.74) is 0. The van der Waals surface area contributed by atoms with E-state index in [4.69, 9.17) is 17.7 Å². The summed E-state index contributed by atoms with van der Waals surface area (Å²) < 4.78 is 41.6. The van der Waals surface area contributed by atoms with Gasteiger partial charge in [0.2, 0.25) is 0 Å². The number of carbonyl (C=O) groups excluding carboxylic acids is 1. The van der Waals surface area contributed by atoms with Crippen LogP contribution in [0.25, 0.3) is 0 Å². The van der Waals surface area contributed by atoms with Crippen LogP contribution in [0.4, 0.5) is 13.2 Å². The van der Waals surface area contributed by atoms with E-state index in [9.17, 15) is 23.1 Å². The Hall–Kier alpha value is -0.795. The van der Waals surface area contributed by atoms with Crippen molar-refractivity contribution in [2.24, 2.45) is 0 Å². The molecule has 0 spiro atoms. The second kappa shape index (κ2) is 4.83. The number of aliphatic hydroxyl groups excluding tert-OH is 2. The molecule has 1 fully saturated rings. The summed E-state index contributed by atoms with van der Waals surface area (Å²) in [6, 6.07) is -1.43. The van der Waals surface area contributed by atoms with E-state index in [1.807, 2.05) is 0 Å². The molecule has 0 aromatic rings. The minimum absolute atomic E-state index is 0.207. The molecule has 4 atom stereocenters. The Morgan fingerprint density at radius 2 is 2.06 bits per heavy atom. The van der Waals surface area contributed by atoms with Gasteiger partial charge in [0.1, 0.15) is 14.0 Å². The smallest absolute Gasteiger partial charge is 0.394 e. The Kier molecular flexibility index (Phi) is 4.05. The van der Waals surface area contributed by atoms with E-state index < -0.39 is 42.9 Å². The highest BCUT2D eigenvalue weighted by atomic mass is 19.4. The van der Waals surface area contributed by atoms with Crippen LogP contribution in [0.2, 0.25) is 0 Å². The van der Waals surface area contributed by atoms with Gasteiger partial charge in [-0.05, 0) is 0 Å². The van der Waals surface area contributed by atoms with Gasteiger partial charge in [0.05, 0.1) is 18.8 Å². The van der Waals surface area contributed by atoms with E-state index >= 15 is 0 Å². The van der Waals surface area contributed by atoms with Gasteiger partial charge < -0.3 is 19.8 Å². The molecule has 0 saturated carbocycles. The first-order chi connectivity index (χ1) is 7.75. The van der Waals surface area contributed by atoms with Gasteiger partial charge in [0.15, 0.2) is 0 Å². The first-order valence-electron chi connectivity index (χ1n) is 4.72. The van der Waals surface area contributed by atoms with E-state index in [-0.39, 0.29) is 4.90 Å². The van der Waals surface area contributed by atoms with Crippen LogP contribution in [0, 0.1) is 0 Å². The number of halogens is 3. The first-order valence-corrected chi connectivity index (χ1v) is 4.72. The van der Waals surface area contributed by atoms with Crippen molar-refractivity contribution in [1.29, 1.82) is 0 Å². The molecule has 2 radical (unpaired) electrons. The van der Waals surface area contributed by atoms with E-state index in [1.165, 1.54) is 0 Å². The fourth-order valence-corrected chi connectivity index (χ4v) is 1.87. The largest absolute Gasteiger partial charge is 0.471 e. The molecule has 0 bridgehead atoms. The van der Waals surface area contributed by atoms with Crippen molar-refractivity contribution in [3.63, 3.8) is 0 Å². The zero-order chi connectivity index (χ0) is 13.4. The highest BCUT2D eigenvalue weighted by Gasteiger charge is 2.54. The Balaban J connectivity index is 3.01. The van der Waals surface area contributed by atoms with Crippen LogP contribution in [0.3, 0.4) is 0 Å². The maximum absolute atomic E-state index is 12.3. The average Bonchev–Trinajstić information content (AvgIpc) is 2.47. The number of ether oxygens (including phenoxy) is 1. The van der Waals surface area contributed by atoms with Crippen molar-refractivity contribution in [2.45, 2.75) is 30.4 Å². The second-order valence-corrected chi connectivity index (χ2v) is 3.64. The Morgan fingerprint density at radius 3 is 2.41 bits per heavy atom. The fourth-order valence-electron chi connectivity index (χ4n) is 1.87. The first kappa shape index (κ1) is 14.3. The molecule has 0 unspecified atom stereocenters. The minimum Gasteiger partial charge on any atom is -0.394 e. The van der Waals surface area contributed by atoms with E-state index in [2.05, 4.69) is 0 Å². The number of hydrogen-bond acceptors (Lipinski definition) is 4. The maximum Gasteiger partial charge on any atom is 0.471 e. The van der Waals surface area contributed by atoms with Crippen LogP contribution in [0.5, 0.6) is 0 Å². The molecule has 0 aromatic heterocycles. The van der Waals surface area contributed by atoms with E-state index in [0.29, 0.717) is 0 Å². The van der Waals surface area contributed by atoms with Crippen LogP contribution in [-0.4, -0.2) is 73.0 Å². The third-order valence-corrected chi connectivity index (χ3v) is 2.68. The molecular weight excluding hydrogens is 242 g/mol. The number of alkyl halides is 3. The summed E-state index contributed by atoms with van der Waals surface area (Å²) in [4.78, 5) is 11.3. The zero-order valence-corrected chi connectivity index (χ0v) is 8.89. The van der Waals surface area contributed by atoms with Gasteiger partial charge >= 0.3 is 12.1 Å². The third kappa shape index (κ3) is 2.40. The normalized spacial score (nSPS) is 34.1. The van der Waals surface area contributed by atoms with Crippen molar-refractivity contribution in [1.82, 2.24) is 4.90 Å². The molecule has 2 N–H and O–H groups in total. The lowest BCUT2D eigenvalue weighted by molar-refractivity contribution is -0.188. The van der Waals surface area contributed by atoms with Gasteiger partial charge in [-0.2, -0.15) is 13.2 Å². The highest BCUT2D eigenvalue weighted by Crippen LogP contribution is 2.30. The number of nitrogens with zero attached hydrogens (tertiary/aromatic N) is 1. The molecule has 9 heteroatoms. The predicted octanol–water partition coefficient (Wildman–Crippen LogP) is -1.38. The monoisotopic (exact) mass is 253 g/mol. The van der Waals surface area contributed by atoms with Crippen molar-refractivity contribution < 1.29 is 32.9 Å². The van der Waals surface area contributed by atoms with Crippen molar-refractivity contribution in [3.8, 4) is 0 Å². The lowest BCUT2D eigenvalue weighted by Gasteiger charge is -2.28. The zero-order valence-electron chi connectivity index (χ0n) is 8.89. The lowest BCUT2D eigenvalue weighted by atomic mass is 9.90. The molecule has 1 aliphatic rings. The van der Waals surface area contributed by atoms with Gasteiger partial charge in [-0.25, -0.2) is 0 Å². The molecule has 1 heterocycles. The van der Waals surface area contributed by atoms with Crippen LogP contribution in [0.1, 0.15) is 0 Å². The number of amides is 1. The summed E-state index contributed by atoms with van der Waals surface area (Å²) in [6.07, 6.45) is -7.75. The minimum atomic E-state index is -5.12. The predicted molar refractivity (Wildman–Crippen MR) is 50.1 cm³/mol. The van der Waals surface area contributed by atoms with Crippen molar-refractivity contribution in [2.75, 3.05) is 13.7 Å². The number of methoxy groups -OCH3 is 1. The molecule has 0 aliphatic carbocycles. The van der Waals surface area contributed by atoms with Gasteiger partial charge in [0.25, 0.3) is 0 Å². The summed E-state index contributed by atoms with van der Waals surface area (Å²) >= 11 is 0. The molecule has 96 valence electrons. The summed E-state index contributed by atoms with van der Waals surface area (Å²) in [5, 5.41) is 18.5. The van der Waals surface area contributed by atoms with Crippen molar-refractivity contribution in [3.05, 3.63) is 0 Å². The fraction of sp³-hybridized carbons (Fsp3) is 0.875. The van der Waals surface area contributed by atoms with Crippen LogP contribution < -0.4 is 0 Å². The quantitative estimate of drug-likeness (QED) is 0.595. The number of likely N-dealkylation sites (tertiary alicyclic amines) is 1. The highest BCUT2D eigenvalue weighted by molar-refractivity contribution is 6.14. The second-order valence-electron chi connectivity index (χ2n) is 3.64. The van der Waals surface area contributed by atoms with Crippen LogP contribution >= 0.6 is 0 Å². The molecular formula is C8H11BF3NO4. The molecule has 1 rings (SSSR count). The Bertz CT molecular complexity index is 301. The standard InChI is InChI=1S/C8H11BF3NO4/c1-17-5-4(15)3(2-14)13(6(5)9)7(16)8(10,11)12/h3-6,14-15H,2H2,1H3/t3-,4-,5+,6-/m1/s1. The van der Waals surface area contributed by atoms with E-state index in [1.54, 1.807) is 0 Å². The van der Waals surface area contributed by atoms with Crippen molar-refractivity contribution >= 4 is 13.8 Å². The maximum atomic E-state index is 12.3. The molecule has 5 nitrogen and oxygen atoms in total. The Morgan fingerprint density at radius 1 is 1.53 bits per heavy atom. The van der Waals surface area contributed by atoms with Gasteiger partial charge in [0, 0.05) is 13.1 Å². The van der Waals surface area contributed by atoms with Gasteiger partial charge in [-0.1, -0.05) is 0 Å². The number of carbonyl (C=O) groups is 1. The van der Waals surface area contributed by atoms with Crippen LogP contribution in [-0.2, 0) is 9.53 Å². The number of hydrogen-bond donors (Lipinski definition) is 2. The van der Waals surface area contributed by atoms with E-state index in [0.717, 1.165) is 7.11 Å². The SMILES string of the molecule is [B][C@H]1[C@@H](OC)[C@H](O)[C@@H](CO)N1C(=O)C(F)(F)F. The average molecular weight is 253 g/mol. The topological polar surface area (TPSA) is 70.0 Å².